The maximum absolute atomic E-state index is 9.41. The fraction of sp³-hybridized carbons (Fsp3) is 0.462. The highest BCUT2D eigenvalue weighted by Crippen LogP contribution is 2.24. The van der Waals surface area contributed by atoms with Gasteiger partial charge in [-0.15, -0.1) is 0 Å². The smallest absolute Gasteiger partial charge is 0.204 e. The monoisotopic (exact) mass is 231 g/mol. The van der Waals surface area contributed by atoms with Crippen LogP contribution in [0.3, 0.4) is 0 Å². The number of imidazole rings is 1. The Morgan fingerprint density at radius 1 is 1.35 bits per heavy atom. The summed E-state index contributed by atoms with van der Waals surface area (Å²) in [6, 6.07) is 8.25. The van der Waals surface area contributed by atoms with Gasteiger partial charge in [0.05, 0.1) is 23.7 Å². The zero-order valence-electron chi connectivity index (χ0n) is 9.76. The summed E-state index contributed by atoms with van der Waals surface area (Å²) in [5.74, 6) is 0.893. The van der Waals surface area contributed by atoms with Crippen LogP contribution in [-0.2, 0) is 0 Å². The minimum Gasteiger partial charge on any atom is -0.394 e. The Bertz CT molecular complexity index is 475. The highest BCUT2D eigenvalue weighted by molar-refractivity contribution is 5.77. The lowest BCUT2D eigenvalue weighted by molar-refractivity contribution is 0.239. The summed E-state index contributed by atoms with van der Waals surface area (Å²) in [7, 11) is 0. The number of fused-ring (bicyclic) bond motifs is 1. The third-order valence-corrected chi connectivity index (χ3v) is 3.49. The number of hydrogen-bond donors (Lipinski definition) is 2. The molecule has 1 aliphatic rings. The maximum Gasteiger partial charge on any atom is 0.204 e. The second kappa shape index (κ2) is 4.37. The van der Waals surface area contributed by atoms with Crippen LogP contribution < -0.4 is 4.90 Å². The fourth-order valence-electron chi connectivity index (χ4n) is 2.54. The van der Waals surface area contributed by atoms with Crippen molar-refractivity contribution in [3.63, 3.8) is 0 Å². The van der Waals surface area contributed by atoms with Crippen molar-refractivity contribution < 1.29 is 5.11 Å². The predicted molar refractivity (Wildman–Crippen MR) is 68.2 cm³/mol. The first-order valence-corrected chi connectivity index (χ1v) is 6.21. The van der Waals surface area contributed by atoms with Gasteiger partial charge in [-0.25, -0.2) is 4.98 Å². The summed E-state index contributed by atoms with van der Waals surface area (Å²) < 4.78 is 0. The van der Waals surface area contributed by atoms with E-state index in [1.807, 2.05) is 24.3 Å². The lowest BCUT2D eigenvalue weighted by atomic mass is 10.0. The molecule has 0 saturated carbocycles. The number of anilines is 1. The molecule has 17 heavy (non-hydrogen) atoms. The van der Waals surface area contributed by atoms with E-state index in [1.165, 1.54) is 12.8 Å². The van der Waals surface area contributed by atoms with E-state index in [0.29, 0.717) is 0 Å². The first-order valence-electron chi connectivity index (χ1n) is 6.21. The molecule has 1 unspecified atom stereocenters. The first-order chi connectivity index (χ1) is 8.38. The van der Waals surface area contributed by atoms with Crippen molar-refractivity contribution >= 4 is 17.0 Å². The van der Waals surface area contributed by atoms with Gasteiger partial charge in [-0.2, -0.15) is 0 Å². The molecule has 0 spiro atoms. The van der Waals surface area contributed by atoms with Gasteiger partial charge in [-0.3, -0.25) is 0 Å². The molecule has 1 aromatic heterocycles. The lowest BCUT2D eigenvalue weighted by Crippen LogP contribution is -2.42. The Morgan fingerprint density at radius 3 is 3.06 bits per heavy atom. The Morgan fingerprint density at radius 2 is 2.24 bits per heavy atom. The normalized spacial score (nSPS) is 21.0. The van der Waals surface area contributed by atoms with E-state index in [0.717, 1.165) is 29.9 Å². The molecule has 2 aromatic rings. The van der Waals surface area contributed by atoms with Crippen molar-refractivity contribution in [2.24, 2.45) is 0 Å². The molecule has 2 heterocycles. The van der Waals surface area contributed by atoms with Crippen molar-refractivity contribution in [2.45, 2.75) is 25.3 Å². The van der Waals surface area contributed by atoms with E-state index in [-0.39, 0.29) is 12.6 Å². The topological polar surface area (TPSA) is 52.1 Å². The van der Waals surface area contributed by atoms with Crippen molar-refractivity contribution in [1.29, 1.82) is 0 Å². The van der Waals surface area contributed by atoms with Crippen LogP contribution in [0.25, 0.3) is 11.0 Å². The van der Waals surface area contributed by atoms with Gasteiger partial charge < -0.3 is 15.0 Å². The molecule has 1 aromatic carbocycles. The van der Waals surface area contributed by atoms with Crippen LogP contribution in [-0.4, -0.2) is 34.3 Å². The van der Waals surface area contributed by atoms with Crippen molar-refractivity contribution in [3.8, 4) is 0 Å². The van der Waals surface area contributed by atoms with Crippen molar-refractivity contribution in [1.82, 2.24) is 9.97 Å². The molecule has 1 aliphatic heterocycles. The molecule has 2 N–H and O–H groups in total. The van der Waals surface area contributed by atoms with E-state index >= 15 is 0 Å². The minimum absolute atomic E-state index is 0.205. The Kier molecular flexibility index (Phi) is 2.73. The van der Waals surface area contributed by atoms with E-state index in [1.54, 1.807) is 0 Å². The zero-order valence-corrected chi connectivity index (χ0v) is 9.76. The lowest BCUT2D eigenvalue weighted by Gasteiger charge is -2.34. The number of nitrogens with zero attached hydrogens (tertiary/aromatic N) is 2. The van der Waals surface area contributed by atoms with Crippen LogP contribution in [0.2, 0.25) is 0 Å². The van der Waals surface area contributed by atoms with E-state index < -0.39 is 0 Å². The molecule has 0 aliphatic carbocycles. The molecule has 3 rings (SSSR count). The predicted octanol–water partition coefficient (Wildman–Crippen LogP) is 1.91. The molecule has 1 saturated heterocycles. The fourth-order valence-corrected chi connectivity index (χ4v) is 2.54. The van der Waals surface area contributed by atoms with Gasteiger partial charge in [-0.05, 0) is 31.4 Å². The van der Waals surface area contributed by atoms with E-state index in [2.05, 4.69) is 14.9 Å². The van der Waals surface area contributed by atoms with Crippen LogP contribution in [0.15, 0.2) is 24.3 Å². The second-order valence-corrected chi connectivity index (χ2v) is 4.60. The SMILES string of the molecule is OCC1CCCCN1c1nc2ccccc2[nH]1. The molecule has 1 atom stereocenters. The molecule has 1 fully saturated rings. The molecule has 90 valence electrons. The number of benzene rings is 1. The number of para-hydroxylation sites is 2. The summed E-state index contributed by atoms with van der Waals surface area (Å²) in [6.45, 7) is 1.18. The number of aliphatic hydroxyl groups is 1. The van der Waals surface area contributed by atoms with Gasteiger partial charge in [0, 0.05) is 6.54 Å². The Hall–Kier alpha value is -1.55. The highest BCUT2D eigenvalue weighted by Gasteiger charge is 2.23. The molecular weight excluding hydrogens is 214 g/mol. The third kappa shape index (κ3) is 1.89. The van der Waals surface area contributed by atoms with Gasteiger partial charge in [0.2, 0.25) is 5.95 Å². The summed E-state index contributed by atoms with van der Waals surface area (Å²) in [5.41, 5.74) is 2.05. The van der Waals surface area contributed by atoms with E-state index in [4.69, 9.17) is 0 Å². The van der Waals surface area contributed by atoms with Gasteiger partial charge in [0.25, 0.3) is 0 Å². The standard InChI is InChI=1S/C13H17N3O/c17-9-10-5-3-4-8-16(10)13-14-11-6-1-2-7-12(11)15-13/h1-2,6-7,10,17H,3-5,8-9H2,(H,14,15). The number of aliphatic hydroxyl groups excluding tert-OH is 1. The Labute approximate surface area is 100 Å². The van der Waals surface area contributed by atoms with Crippen LogP contribution in [0.1, 0.15) is 19.3 Å². The summed E-state index contributed by atoms with van der Waals surface area (Å²) in [6.07, 6.45) is 3.42. The average molecular weight is 231 g/mol. The number of nitrogens with one attached hydrogen (secondary N) is 1. The zero-order chi connectivity index (χ0) is 11.7. The summed E-state index contributed by atoms with van der Waals surface area (Å²) in [4.78, 5) is 10.1. The Balaban J connectivity index is 1.96. The molecule has 0 radical (unpaired) electrons. The van der Waals surface area contributed by atoms with Crippen molar-refractivity contribution in [2.75, 3.05) is 18.1 Å². The number of aromatic amines is 1. The van der Waals surface area contributed by atoms with Gasteiger partial charge in [-0.1, -0.05) is 12.1 Å². The maximum atomic E-state index is 9.41. The molecule has 4 nitrogen and oxygen atoms in total. The second-order valence-electron chi connectivity index (χ2n) is 4.60. The molecule has 4 heteroatoms. The van der Waals surface area contributed by atoms with Crippen LogP contribution in [0, 0.1) is 0 Å². The summed E-state index contributed by atoms with van der Waals surface area (Å²) in [5, 5.41) is 9.41. The minimum atomic E-state index is 0.205. The number of hydrogen-bond acceptors (Lipinski definition) is 3. The van der Waals surface area contributed by atoms with Crippen LogP contribution in [0.5, 0.6) is 0 Å². The highest BCUT2D eigenvalue weighted by atomic mass is 16.3. The summed E-state index contributed by atoms with van der Waals surface area (Å²) >= 11 is 0. The van der Waals surface area contributed by atoms with Crippen LogP contribution >= 0.6 is 0 Å². The van der Waals surface area contributed by atoms with Gasteiger partial charge in [0.15, 0.2) is 0 Å². The number of piperidine rings is 1. The van der Waals surface area contributed by atoms with Gasteiger partial charge >= 0.3 is 0 Å². The number of H-pyrrole nitrogens is 1. The molecule has 0 bridgehead atoms. The number of aromatic nitrogens is 2. The average Bonchev–Trinajstić information content (AvgIpc) is 2.82. The number of rotatable bonds is 2. The van der Waals surface area contributed by atoms with Crippen molar-refractivity contribution in [3.05, 3.63) is 24.3 Å². The van der Waals surface area contributed by atoms with Gasteiger partial charge in [0.1, 0.15) is 0 Å². The quantitative estimate of drug-likeness (QED) is 0.830. The van der Waals surface area contributed by atoms with E-state index in [9.17, 15) is 5.11 Å². The largest absolute Gasteiger partial charge is 0.394 e. The molecular formula is C13H17N3O. The molecule has 0 amide bonds. The first kappa shape index (κ1) is 10.6. The van der Waals surface area contributed by atoms with Crippen LogP contribution in [0.4, 0.5) is 5.95 Å². The third-order valence-electron chi connectivity index (χ3n) is 3.49.